The van der Waals surface area contributed by atoms with E-state index >= 15 is 0 Å². The number of nitrogens with two attached hydrogens (primary N) is 1. The van der Waals surface area contributed by atoms with Crippen LogP contribution in [0.15, 0.2) is 0 Å². The Hall–Kier alpha value is -0.0400. The molecule has 0 spiro atoms. The smallest absolute Gasteiger partial charge is 0.00205 e. The minimum atomic E-state index is 0.549. The van der Waals surface area contributed by atoms with Crippen molar-refractivity contribution in [1.82, 2.24) is 0 Å². The van der Waals surface area contributed by atoms with E-state index in [-0.39, 0.29) is 0 Å². The van der Waals surface area contributed by atoms with Gasteiger partial charge in [-0.05, 0) is 37.6 Å². The highest BCUT2D eigenvalue weighted by atomic mass is 14.6. The Morgan fingerprint density at radius 1 is 1.23 bits per heavy atom. The van der Waals surface area contributed by atoms with Gasteiger partial charge >= 0.3 is 0 Å². The van der Waals surface area contributed by atoms with Gasteiger partial charge in [0.25, 0.3) is 0 Å². The second-order valence-corrected chi connectivity index (χ2v) is 4.57. The lowest BCUT2D eigenvalue weighted by Crippen LogP contribution is -2.27. The van der Waals surface area contributed by atoms with Crippen LogP contribution in [-0.4, -0.2) is 6.54 Å². The van der Waals surface area contributed by atoms with Crippen molar-refractivity contribution in [3.8, 4) is 0 Å². The summed E-state index contributed by atoms with van der Waals surface area (Å²) in [5, 5.41) is 0. The summed E-state index contributed by atoms with van der Waals surface area (Å²) >= 11 is 0. The first kappa shape index (κ1) is 11.0. The summed E-state index contributed by atoms with van der Waals surface area (Å²) in [5.41, 5.74) is 6.43. The molecule has 0 aromatic carbocycles. The SMILES string of the molecule is C[CH]CCCCC1(CN)CCCC1. The molecular weight excluding hydrogens is 158 g/mol. The number of hydrogen-bond donors (Lipinski definition) is 1. The van der Waals surface area contributed by atoms with E-state index in [0.29, 0.717) is 5.41 Å². The van der Waals surface area contributed by atoms with Crippen molar-refractivity contribution < 1.29 is 0 Å². The minimum Gasteiger partial charge on any atom is -0.330 e. The van der Waals surface area contributed by atoms with Crippen molar-refractivity contribution in [3.63, 3.8) is 0 Å². The predicted molar refractivity (Wildman–Crippen MR) is 58.4 cm³/mol. The maximum atomic E-state index is 5.88. The fourth-order valence-electron chi connectivity index (χ4n) is 2.53. The minimum absolute atomic E-state index is 0.549. The Morgan fingerprint density at radius 2 is 1.92 bits per heavy atom. The largest absolute Gasteiger partial charge is 0.330 e. The van der Waals surface area contributed by atoms with Gasteiger partial charge < -0.3 is 5.73 Å². The molecule has 1 aliphatic rings. The van der Waals surface area contributed by atoms with Crippen LogP contribution in [0.2, 0.25) is 0 Å². The summed E-state index contributed by atoms with van der Waals surface area (Å²) in [5.74, 6) is 0. The Bertz CT molecular complexity index is 125. The molecule has 1 heteroatoms. The predicted octanol–water partition coefficient (Wildman–Crippen LogP) is 3.29. The van der Waals surface area contributed by atoms with Crippen LogP contribution in [0.25, 0.3) is 0 Å². The second-order valence-electron chi connectivity index (χ2n) is 4.57. The average molecular weight is 182 g/mol. The highest BCUT2D eigenvalue weighted by molar-refractivity contribution is 4.85. The summed E-state index contributed by atoms with van der Waals surface area (Å²) < 4.78 is 0. The summed E-state index contributed by atoms with van der Waals surface area (Å²) in [6, 6.07) is 0. The highest BCUT2D eigenvalue weighted by Crippen LogP contribution is 2.41. The van der Waals surface area contributed by atoms with E-state index in [1.807, 2.05) is 0 Å². The first-order chi connectivity index (χ1) is 6.33. The van der Waals surface area contributed by atoms with Crippen LogP contribution in [0, 0.1) is 11.8 Å². The van der Waals surface area contributed by atoms with E-state index in [9.17, 15) is 0 Å². The summed E-state index contributed by atoms with van der Waals surface area (Å²) in [6.07, 6.45) is 13.3. The van der Waals surface area contributed by atoms with Gasteiger partial charge in [-0.3, -0.25) is 0 Å². The maximum absolute atomic E-state index is 5.88. The summed E-state index contributed by atoms with van der Waals surface area (Å²) in [4.78, 5) is 0. The van der Waals surface area contributed by atoms with Crippen molar-refractivity contribution >= 4 is 0 Å². The molecule has 1 radical (unpaired) electrons. The lowest BCUT2D eigenvalue weighted by atomic mass is 9.81. The molecule has 0 saturated heterocycles. The Morgan fingerprint density at radius 3 is 2.46 bits per heavy atom. The molecule has 0 heterocycles. The normalized spacial score (nSPS) is 20.8. The molecule has 0 bridgehead atoms. The molecule has 1 fully saturated rings. The van der Waals surface area contributed by atoms with Gasteiger partial charge in [0.15, 0.2) is 0 Å². The number of hydrogen-bond acceptors (Lipinski definition) is 1. The molecule has 0 unspecified atom stereocenters. The van der Waals surface area contributed by atoms with Gasteiger partial charge in [0.1, 0.15) is 0 Å². The molecule has 0 atom stereocenters. The Kier molecular flexibility index (Phi) is 4.79. The second kappa shape index (κ2) is 5.64. The Balaban J connectivity index is 2.16. The van der Waals surface area contributed by atoms with E-state index in [1.165, 1.54) is 51.4 Å². The number of rotatable bonds is 6. The van der Waals surface area contributed by atoms with E-state index in [0.717, 1.165) is 6.54 Å². The molecule has 0 aromatic heterocycles. The zero-order valence-electron chi connectivity index (χ0n) is 9.02. The van der Waals surface area contributed by atoms with Crippen molar-refractivity contribution in [2.75, 3.05) is 6.54 Å². The van der Waals surface area contributed by atoms with Gasteiger partial charge in [0.05, 0.1) is 0 Å². The van der Waals surface area contributed by atoms with E-state index in [1.54, 1.807) is 0 Å². The van der Waals surface area contributed by atoms with Gasteiger partial charge in [-0.2, -0.15) is 0 Å². The highest BCUT2D eigenvalue weighted by Gasteiger charge is 2.31. The van der Waals surface area contributed by atoms with E-state index < -0.39 is 0 Å². The molecular formula is C12H24N. The molecule has 1 nitrogen and oxygen atoms in total. The number of unbranched alkanes of at least 4 members (excludes halogenated alkanes) is 3. The molecule has 2 N–H and O–H groups in total. The fourth-order valence-corrected chi connectivity index (χ4v) is 2.53. The maximum Gasteiger partial charge on any atom is -0.00205 e. The van der Waals surface area contributed by atoms with Crippen LogP contribution in [0.3, 0.4) is 0 Å². The van der Waals surface area contributed by atoms with Crippen molar-refractivity contribution in [2.45, 2.75) is 58.3 Å². The van der Waals surface area contributed by atoms with Crippen LogP contribution < -0.4 is 5.73 Å². The van der Waals surface area contributed by atoms with Crippen LogP contribution in [-0.2, 0) is 0 Å². The zero-order chi connectivity index (χ0) is 9.57. The standard InChI is InChI=1S/C12H24N/c1-2-3-4-5-8-12(11-13)9-6-7-10-12/h2H,3-11,13H2,1H3. The van der Waals surface area contributed by atoms with Gasteiger partial charge in [0.2, 0.25) is 0 Å². The van der Waals surface area contributed by atoms with Crippen LogP contribution in [0.4, 0.5) is 0 Å². The van der Waals surface area contributed by atoms with E-state index in [2.05, 4.69) is 13.3 Å². The first-order valence-corrected chi connectivity index (χ1v) is 5.81. The van der Waals surface area contributed by atoms with Gasteiger partial charge in [0, 0.05) is 0 Å². The van der Waals surface area contributed by atoms with Crippen molar-refractivity contribution in [2.24, 2.45) is 11.1 Å². The lowest BCUT2D eigenvalue weighted by Gasteiger charge is -2.26. The first-order valence-electron chi connectivity index (χ1n) is 5.81. The van der Waals surface area contributed by atoms with Crippen molar-refractivity contribution in [1.29, 1.82) is 0 Å². The molecule has 77 valence electrons. The molecule has 1 rings (SSSR count). The third-order valence-corrected chi connectivity index (χ3v) is 3.55. The van der Waals surface area contributed by atoms with Crippen molar-refractivity contribution in [3.05, 3.63) is 6.42 Å². The third kappa shape index (κ3) is 3.30. The molecule has 0 amide bonds. The van der Waals surface area contributed by atoms with Crippen LogP contribution in [0.5, 0.6) is 0 Å². The molecule has 13 heavy (non-hydrogen) atoms. The van der Waals surface area contributed by atoms with Crippen LogP contribution in [0.1, 0.15) is 58.3 Å². The average Bonchev–Trinajstić information content (AvgIpc) is 2.62. The summed E-state index contributed by atoms with van der Waals surface area (Å²) in [6.45, 7) is 3.07. The lowest BCUT2D eigenvalue weighted by molar-refractivity contribution is 0.272. The van der Waals surface area contributed by atoms with E-state index in [4.69, 9.17) is 5.73 Å². The van der Waals surface area contributed by atoms with Gasteiger partial charge in [-0.25, -0.2) is 0 Å². The third-order valence-electron chi connectivity index (χ3n) is 3.55. The van der Waals surface area contributed by atoms with Crippen LogP contribution >= 0.6 is 0 Å². The molecule has 1 aliphatic carbocycles. The molecule has 0 aliphatic heterocycles. The zero-order valence-corrected chi connectivity index (χ0v) is 9.02. The molecule has 1 saturated carbocycles. The quantitative estimate of drug-likeness (QED) is 0.627. The topological polar surface area (TPSA) is 26.0 Å². The van der Waals surface area contributed by atoms with Gasteiger partial charge in [-0.1, -0.05) is 39.0 Å². The fraction of sp³-hybridized carbons (Fsp3) is 0.917. The molecule has 0 aromatic rings. The summed E-state index contributed by atoms with van der Waals surface area (Å²) in [7, 11) is 0. The monoisotopic (exact) mass is 182 g/mol. The Labute approximate surface area is 83.1 Å². The van der Waals surface area contributed by atoms with Gasteiger partial charge in [-0.15, -0.1) is 0 Å².